The van der Waals surface area contributed by atoms with Gasteiger partial charge < -0.3 is 4.74 Å². The first kappa shape index (κ1) is 17.3. The first-order chi connectivity index (χ1) is 11.9. The van der Waals surface area contributed by atoms with Crippen LogP contribution >= 0.6 is 24.0 Å². The maximum atomic E-state index is 13.4. The smallest absolute Gasteiger partial charge is 0.308 e. The van der Waals surface area contributed by atoms with Crippen LogP contribution in [-0.4, -0.2) is 16.2 Å². The van der Waals surface area contributed by atoms with Crippen LogP contribution in [0.1, 0.15) is 12.5 Å². The predicted molar refractivity (Wildman–Crippen MR) is 99.8 cm³/mol. The third-order valence-electron chi connectivity index (χ3n) is 3.30. The Morgan fingerprint density at radius 1 is 1.24 bits per heavy atom. The van der Waals surface area contributed by atoms with E-state index in [0.717, 1.165) is 17.3 Å². The third kappa shape index (κ3) is 3.94. The number of hydrogen-bond donors (Lipinski definition) is 0. The minimum absolute atomic E-state index is 0.301. The van der Waals surface area contributed by atoms with E-state index in [0.29, 0.717) is 20.7 Å². The molecular weight excluding hydrogens is 361 g/mol. The molecule has 0 saturated carbocycles. The Bertz CT molecular complexity index is 893. The lowest BCUT2D eigenvalue weighted by Crippen LogP contribution is -2.27. The standard InChI is InChI=1S/C18H12FNO3S2/c1-11(21)23-15-7-5-12(6-8-15)9-16-17(22)20(18(24)25-16)14-4-2-3-13(19)10-14/h2-10H,1H3. The van der Waals surface area contributed by atoms with E-state index in [4.69, 9.17) is 17.0 Å². The van der Waals surface area contributed by atoms with Crippen LogP contribution in [0, 0.1) is 5.82 Å². The molecule has 0 unspecified atom stereocenters. The molecule has 0 bridgehead atoms. The topological polar surface area (TPSA) is 46.6 Å². The van der Waals surface area contributed by atoms with Gasteiger partial charge in [-0.05, 0) is 42.0 Å². The molecule has 1 amide bonds. The second-order valence-electron chi connectivity index (χ2n) is 5.16. The fraction of sp³-hybridized carbons (Fsp3) is 0.0556. The SMILES string of the molecule is CC(=O)Oc1ccc(C=C2SC(=S)N(c3cccc(F)c3)C2=O)cc1. The Morgan fingerprint density at radius 2 is 1.96 bits per heavy atom. The molecule has 1 heterocycles. The number of ether oxygens (including phenoxy) is 1. The largest absolute Gasteiger partial charge is 0.427 e. The van der Waals surface area contributed by atoms with E-state index in [9.17, 15) is 14.0 Å². The predicted octanol–water partition coefficient (Wildman–Crippen LogP) is 4.16. The van der Waals surface area contributed by atoms with E-state index in [1.165, 1.54) is 30.0 Å². The van der Waals surface area contributed by atoms with E-state index in [2.05, 4.69) is 0 Å². The lowest BCUT2D eigenvalue weighted by Gasteiger charge is -2.14. The van der Waals surface area contributed by atoms with Gasteiger partial charge in [0.15, 0.2) is 4.32 Å². The number of rotatable bonds is 3. The molecule has 1 aliphatic heterocycles. The summed E-state index contributed by atoms with van der Waals surface area (Å²) in [6.45, 7) is 1.33. The zero-order chi connectivity index (χ0) is 18.0. The van der Waals surface area contributed by atoms with Crippen LogP contribution < -0.4 is 9.64 Å². The molecule has 0 aromatic heterocycles. The highest BCUT2D eigenvalue weighted by Gasteiger charge is 2.33. The van der Waals surface area contributed by atoms with Crippen LogP contribution in [-0.2, 0) is 9.59 Å². The molecule has 0 N–H and O–H groups in total. The van der Waals surface area contributed by atoms with Crippen molar-refractivity contribution in [2.24, 2.45) is 0 Å². The van der Waals surface area contributed by atoms with Gasteiger partial charge in [-0.1, -0.05) is 42.2 Å². The highest BCUT2D eigenvalue weighted by molar-refractivity contribution is 8.27. The minimum Gasteiger partial charge on any atom is -0.427 e. The Kier molecular flexibility index (Phi) is 4.96. The summed E-state index contributed by atoms with van der Waals surface area (Å²) in [6, 6.07) is 12.5. The molecule has 1 fully saturated rings. The van der Waals surface area contributed by atoms with E-state index >= 15 is 0 Å². The van der Waals surface area contributed by atoms with Gasteiger partial charge in [-0.3, -0.25) is 14.5 Å². The van der Waals surface area contributed by atoms with E-state index in [1.54, 1.807) is 36.4 Å². The Labute approximate surface area is 153 Å². The highest BCUT2D eigenvalue weighted by atomic mass is 32.2. The van der Waals surface area contributed by atoms with Crippen molar-refractivity contribution >= 4 is 51.9 Å². The van der Waals surface area contributed by atoms with E-state index < -0.39 is 11.8 Å². The number of benzene rings is 2. The van der Waals surface area contributed by atoms with Crippen molar-refractivity contribution in [3.63, 3.8) is 0 Å². The molecule has 0 atom stereocenters. The second-order valence-corrected chi connectivity index (χ2v) is 6.84. The maximum absolute atomic E-state index is 13.4. The van der Waals surface area contributed by atoms with Gasteiger partial charge in [0.05, 0.1) is 10.6 Å². The first-order valence-electron chi connectivity index (χ1n) is 7.26. The fourth-order valence-corrected chi connectivity index (χ4v) is 3.55. The molecule has 3 rings (SSSR count). The number of thioether (sulfide) groups is 1. The molecule has 2 aromatic rings. The Balaban J connectivity index is 1.84. The lowest BCUT2D eigenvalue weighted by atomic mass is 10.2. The lowest BCUT2D eigenvalue weighted by molar-refractivity contribution is -0.131. The number of carbonyl (C=O) groups excluding carboxylic acids is 2. The van der Waals surface area contributed by atoms with Gasteiger partial charge in [0.1, 0.15) is 11.6 Å². The molecule has 0 aliphatic carbocycles. The third-order valence-corrected chi connectivity index (χ3v) is 4.60. The van der Waals surface area contributed by atoms with Crippen LogP contribution in [0.4, 0.5) is 10.1 Å². The average molecular weight is 373 g/mol. The molecular formula is C18H12FNO3S2. The van der Waals surface area contributed by atoms with Crippen molar-refractivity contribution in [3.8, 4) is 5.75 Å². The van der Waals surface area contributed by atoms with E-state index in [1.807, 2.05) is 0 Å². The van der Waals surface area contributed by atoms with Gasteiger partial charge in [0.2, 0.25) is 0 Å². The minimum atomic E-state index is -0.434. The number of halogens is 1. The monoisotopic (exact) mass is 373 g/mol. The Morgan fingerprint density at radius 3 is 2.60 bits per heavy atom. The fourth-order valence-electron chi connectivity index (χ4n) is 2.25. The molecule has 0 spiro atoms. The van der Waals surface area contributed by atoms with Crippen LogP contribution in [0.2, 0.25) is 0 Å². The molecule has 7 heteroatoms. The zero-order valence-corrected chi connectivity index (χ0v) is 14.7. The number of hydrogen-bond acceptors (Lipinski definition) is 5. The quantitative estimate of drug-likeness (QED) is 0.350. The van der Waals surface area contributed by atoms with Gasteiger partial charge in [-0.2, -0.15) is 0 Å². The van der Waals surface area contributed by atoms with Crippen molar-refractivity contribution in [2.75, 3.05) is 4.90 Å². The van der Waals surface area contributed by atoms with E-state index in [-0.39, 0.29) is 5.91 Å². The van der Waals surface area contributed by atoms with Gasteiger partial charge >= 0.3 is 5.97 Å². The summed E-state index contributed by atoms with van der Waals surface area (Å²) in [5.74, 6) is -0.707. The number of anilines is 1. The highest BCUT2D eigenvalue weighted by Crippen LogP contribution is 2.36. The summed E-state index contributed by atoms with van der Waals surface area (Å²) in [5, 5.41) is 0. The maximum Gasteiger partial charge on any atom is 0.308 e. The van der Waals surface area contributed by atoms with Crippen LogP contribution in [0.3, 0.4) is 0 Å². The molecule has 0 radical (unpaired) electrons. The van der Waals surface area contributed by atoms with Crippen molar-refractivity contribution in [1.29, 1.82) is 0 Å². The van der Waals surface area contributed by atoms with Gasteiger partial charge in [0.25, 0.3) is 5.91 Å². The number of carbonyl (C=O) groups is 2. The average Bonchev–Trinajstić information content (AvgIpc) is 2.83. The first-order valence-corrected chi connectivity index (χ1v) is 8.48. The van der Waals surface area contributed by atoms with Crippen molar-refractivity contribution in [2.45, 2.75) is 6.92 Å². The molecule has 1 aliphatic rings. The number of esters is 1. The van der Waals surface area contributed by atoms with Gasteiger partial charge in [-0.25, -0.2) is 4.39 Å². The van der Waals surface area contributed by atoms with Crippen LogP contribution in [0.25, 0.3) is 6.08 Å². The molecule has 126 valence electrons. The summed E-state index contributed by atoms with van der Waals surface area (Å²) in [7, 11) is 0. The van der Waals surface area contributed by atoms with Crippen molar-refractivity contribution < 1.29 is 18.7 Å². The van der Waals surface area contributed by atoms with Gasteiger partial charge in [-0.15, -0.1) is 0 Å². The molecule has 4 nitrogen and oxygen atoms in total. The normalized spacial score (nSPS) is 15.8. The molecule has 25 heavy (non-hydrogen) atoms. The number of nitrogens with zero attached hydrogens (tertiary/aromatic N) is 1. The second kappa shape index (κ2) is 7.16. The molecule has 2 aromatic carbocycles. The summed E-state index contributed by atoms with van der Waals surface area (Å²) >= 11 is 6.40. The summed E-state index contributed by atoms with van der Waals surface area (Å²) in [6.07, 6.45) is 1.69. The van der Waals surface area contributed by atoms with Crippen LogP contribution in [0.15, 0.2) is 53.4 Å². The van der Waals surface area contributed by atoms with Crippen molar-refractivity contribution in [3.05, 3.63) is 64.8 Å². The van der Waals surface area contributed by atoms with Crippen molar-refractivity contribution in [1.82, 2.24) is 0 Å². The summed E-state index contributed by atoms with van der Waals surface area (Å²) in [5.41, 5.74) is 1.16. The summed E-state index contributed by atoms with van der Waals surface area (Å²) < 4.78 is 18.7. The Hall–Kier alpha value is -2.51. The number of thiocarbonyl (C=S) groups is 1. The number of amides is 1. The molecule has 1 saturated heterocycles. The zero-order valence-electron chi connectivity index (χ0n) is 13.1. The van der Waals surface area contributed by atoms with Crippen LogP contribution in [0.5, 0.6) is 5.75 Å². The van der Waals surface area contributed by atoms with Gasteiger partial charge in [0, 0.05) is 6.92 Å². The summed E-state index contributed by atoms with van der Waals surface area (Å²) in [4.78, 5) is 25.3.